The zero-order valence-electron chi connectivity index (χ0n) is 12.5. The number of rotatable bonds is 3. The molecule has 21 heavy (non-hydrogen) atoms. The summed E-state index contributed by atoms with van der Waals surface area (Å²) in [7, 11) is 1.34. The third-order valence-corrected chi connectivity index (χ3v) is 3.69. The van der Waals surface area contributed by atoms with E-state index in [1.54, 1.807) is 0 Å². The minimum atomic E-state index is -1.29. The van der Waals surface area contributed by atoms with E-state index in [1.807, 2.05) is 13.8 Å². The molecule has 0 radical (unpaired) electrons. The number of imidazole rings is 1. The predicted molar refractivity (Wildman–Crippen MR) is 76.8 cm³/mol. The molecule has 0 amide bonds. The number of aryl methyl sites for hydroxylation is 1. The zero-order chi connectivity index (χ0) is 15.9. The van der Waals surface area contributed by atoms with Crippen molar-refractivity contribution in [2.24, 2.45) is 13.0 Å². The van der Waals surface area contributed by atoms with Gasteiger partial charge in [-0.05, 0) is 12.8 Å². The number of fused-ring (bicyclic) bond motifs is 1. The molecule has 1 N–H and O–H groups in total. The molecule has 1 unspecified atom stereocenters. The van der Waals surface area contributed by atoms with E-state index >= 15 is 0 Å². The van der Waals surface area contributed by atoms with Crippen molar-refractivity contribution in [2.75, 3.05) is 0 Å². The van der Waals surface area contributed by atoms with Crippen LogP contribution in [0, 0.1) is 12.8 Å². The number of hydrogen-bond donors (Lipinski definition) is 1. The standard InChI is InChI=1S/C13H18N4O4/c1-5-7(2)6-16-10-9(11(18)15(4)12(16)19)17(13(20)21)8(3)14-10/h7H,5-6H2,1-4H3,(H,20,21). The molecule has 2 aromatic heterocycles. The summed E-state index contributed by atoms with van der Waals surface area (Å²) < 4.78 is 3.12. The Balaban J connectivity index is 2.93. The molecular formula is C13H18N4O4. The maximum absolute atomic E-state index is 12.3. The van der Waals surface area contributed by atoms with Crippen LogP contribution < -0.4 is 11.2 Å². The van der Waals surface area contributed by atoms with Crippen molar-refractivity contribution in [3.63, 3.8) is 0 Å². The average Bonchev–Trinajstić information content (AvgIpc) is 2.78. The number of carboxylic acid groups (broad SMARTS) is 1. The molecule has 0 aliphatic rings. The summed E-state index contributed by atoms with van der Waals surface area (Å²) in [6, 6.07) is 0. The van der Waals surface area contributed by atoms with Crippen LogP contribution in [0.5, 0.6) is 0 Å². The van der Waals surface area contributed by atoms with E-state index in [1.165, 1.54) is 18.5 Å². The van der Waals surface area contributed by atoms with Crippen LogP contribution in [-0.2, 0) is 13.6 Å². The maximum atomic E-state index is 12.3. The second-order valence-electron chi connectivity index (χ2n) is 5.22. The van der Waals surface area contributed by atoms with E-state index in [0.29, 0.717) is 6.54 Å². The summed E-state index contributed by atoms with van der Waals surface area (Å²) in [5.41, 5.74) is -1.09. The first-order valence-electron chi connectivity index (χ1n) is 6.71. The normalized spacial score (nSPS) is 12.8. The van der Waals surface area contributed by atoms with E-state index < -0.39 is 17.3 Å². The molecule has 2 heterocycles. The van der Waals surface area contributed by atoms with Gasteiger partial charge in [-0.15, -0.1) is 0 Å². The van der Waals surface area contributed by atoms with Crippen molar-refractivity contribution >= 4 is 17.3 Å². The first-order valence-corrected chi connectivity index (χ1v) is 6.71. The summed E-state index contributed by atoms with van der Waals surface area (Å²) >= 11 is 0. The van der Waals surface area contributed by atoms with Crippen LogP contribution in [0.1, 0.15) is 26.1 Å². The van der Waals surface area contributed by atoms with Gasteiger partial charge in [0.2, 0.25) is 0 Å². The van der Waals surface area contributed by atoms with Gasteiger partial charge in [0, 0.05) is 13.6 Å². The van der Waals surface area contributed by atoms with Crippen LogP contribution in [0.15, 0.2) is 9.59 Å². The lowest BCUT2D eigenvalue weighted by molar-refractivity contribution is 0.196. The smallest absolute Gasteiger partial charge is 0.417 e. The van der Waals surface area contributed by atoms with Crippen molar-refractivity contribution in [3.8, 4) is 0 Å². The lowest BCUT2D eigenvalue weighted by atomic mass is 10.1. The van der Waals surface area contributed by atoms with Crippen LogP contribution in [0.2, 0.25) is 0 Å². The highest BCUT2D eigenvalue weighted by Gasteiger charge is 2.22. The van der Waals surface area contributed by atoms with E-state index in [2.05, 4.69) is 4.98 Å². The Morgan fingerprint density at radius 1 is 1.38 bits per heavy atom. The van der Waals surface area contributed by atoms with Crippen LogP contribution in [0.3, 0.4) is 0 Å². The van der Waals surface area contributed by atoms with Gasteiger partial charge < -0.3 is 5.11 Å². The molecule has 0 saturated heterocycles. The molecule has 0 bridgehead atoms. The molecule has 8 heteroatoms. The quantitative estimate of drug-likeness (QED) is 0.901. The Morgan fingerprint density at radius 3 is 2.52 bits per heavy atom. The molecule has 1 atom stereocenters. The predicted octanol–water partition coefficient (Wildman–Crippen LogP) is 0.777. The zero-order valence-corrected chi connectivity index (χ0v) is 12.5. The summed E-state index contributed by atoms with van der Waals surface area (Å²) in [4.78, 5) is 39.9. The maximum Gasteiger partial charge on any atom is 0.417 e. The Morgan fingerprint density at radius 2 is 2.00 bits per heavy atom. The average molecular weight is 294 g/mol. The fraction of sp³-hybridized carbons (Fsp3) is 0.538. The molecule has 0 aromatic carbocycles. The molecule has 0 aliphatic carbocycles. The van der Waals surface area contributed by atoms with Gasteiger partial charge in [-0.25, -0.2) is 19.1 Å². The molecule has 2 rings (SSSR count). The van der Waals surface area contributed by atoms with Crippen LogP contribution in [0.4, 0.5) is 4.79 Å². The fourth-order valence-electron chi connectivity index (χ4n) is 2.25. The van der Waals surface area contributed by atoms with E-state index in [4.69, 9.17) is 0 Å². The monoisotopic (exact) mass is 294 g/mol. The van der Waals surface area contributed by atoms with E-state index in [9.17, 15) is 19.5 Å². The van der Waals surface area contributed by atoms with Gasteiger partial charge in [-0.3, -0.25) is 13.9 Å². The largest absolute Gasteiger partial charge is 0.464 e. The highest BCUT2D eigenvalue weighted by Crippen LogP contribution is 2.13. The van der Waals surface area contributed by atoms with Gasteiger partial charge >= 0.3 is 11.8 Å². The lowest BCUT2D eigenvalue weighted by Gasteiger charge is -2.13. The van der Waals surface area contributed by atoms with Gasteiger partial charge in [0.15, 0.2) is 11.2 Å². The SMILES string of the molecule is CCC(C)Cn1c(=O)n(C)c(=O)c2c1nc(C)n2C(=O)O. The van der Waals surface area contributed by atoms with Crippen molar-refractivity contribution in [3.05, 3.63) is 26.7 Å². The summed E-state index contributed by atoms with van der Waals surface area (Å²) in [6.07, 6.45) is -0.434. The van der Waals surface area contributed by atoms with Gasteiger partial charge in [0.05, 0.1) is 0 Å². The molecule has 0 spiro atoms. The lowest BCUT2D eigenvalue weighted by Crippen LogP contribution is -2.39. The summed E-state index contributed by atoms with van der Waals surface area (Å²) in [5.74, 6) is 0.372. The molecular weight excluding hydrogens is 276 g/mol. The second kappa shape index (κ2) is 5.19. The Labute approximate surface area is 120 Å². The van der Waals surface area contributed by atoms with Crippen molar-refractivity contribution in [1.29, 1.82) is 0 Å². The van der Waals surface area contributed by atoms with Crippen molar-refractivity contribution < 1.29 is 9.90 Å². The first-order chi connectivity index (χ1) is 9.79. The highest BCUT2D eigenvalue weighted by atomic mass is 16.4. The summed E-state index contributed by atoms with van der Waals surface area (Å²) in [6.45, 7) is 5.85. The second-order valence-corrected chi connectivity index (χ2v) is 5.22. The first kappa shape index (κ1) is 15.0. The molecule has 0 aliphatic heterocycles. The third kappa shape index (κ3) is 2.26. The van der Waals surface area contributed by atoms with Crippen LogP contribution in [0.25, 0.3) is 11.2 Å². The minimum absolute atomic E-state index is 0.0783. The minimum Gasteiger partial charge on any atom is -0.464 e. The van der Waals surface area contributed by atoms with E-state index in [0.717, 1.165) is 15.6 Å². The Kier molecular flexibility index (Phi) is 3.71. The summed E-state index contributed by atoms with van der Waals surface area (Å²) in [5, 5.41) is 9.24. The topological polar surface area (TPSA) is 99.1 Å². The van der Waals surface area contributed by atoms with Gasteiger partial charge in [-0.2, -0.15) is 0 Å². The third-order valence-electron chi connectivity index (χ3n) is 3.69. The van der Waals surface area contributed by atoms with Gasteiger partial charge in [0.1, 0.15) is 5.82 Å². The number of hydrogen-bond acceptors (Lipinski definition) is 4. The number of carbonyl (C=O) groups is 1. The Hall–Kier alpha value is -2.38. The number of nitrogens with zero attached hydrogens (tertiary/aromatic N) is 4. The van der Waals surface area contributed by atoms with Crippen molar-refractivity contribution in [2.45, 2.75) is 33.7 Å². The fourth-order valence-corrected chi connectivity index (χ4v) is 2.25. The van der Waals surface area contributed by atoms with Gasteiger partial charge in [0.25, 0.3) is 5.56 Å². The van der Waals surface area contributed by atoms with Crippen LogP contribution >= 0.6 is 0 Å². The van der Waals surface area contributed by atoms with Crippen LogP contribution in [-0.4, -0.2) is 29.9 Å². The van der Waals surface area contributed by atoms with E-state index in [-0.39, 0.29) is 22.9 Å². The van der Waals surface area contributed by atoms with Gasteiger partial charge in [-0.1, -0.05) is 20.3 Å². The molecule has 8 nitrogen and oxygen atoms in total. The molecule has 114 valence electrons. The Bertz CT molecular complexity index is 827. The molecule has 0 saturated carbocycles. The highest BCUT2D eigenvalue weighted by molar-refractivity contribution is 5.84. The molecule has 2 aromatic rings. The number of aromatic nitrogens is 4. The molecule has 0 fully saturated rings. The van der Waals surface area contributed by atoms with Crippen molar-refractivity contribution in [1.82, 2.24) is 18.7 Å².